The lowest BCUT2D eigenvalue weighted by Gasteiger charge is -2.18. The van der Waals surface area contributed by atoms with E-state index in [4.69, 9.17) is 4.74 Å². The van der Waals surface area contributed by atoms with Crippen LogP contribution < -0.4 is 0 Å². The molecule has 0 fully saturated rings. The summed E-state index contributed by atoms with van der Waals surface area (Å²) in [7, 11) is 0. The molecular formula is C9H6BrNO2. The number of halogens is 1. The average molecular weight is 240 g/mol. The first kappa shape index (κ1) is 8.44. The molecule has 0 radical (unpaired) electrons. The SMILES string of the molecule is O=CC1OC(Br)=Nc2ccccc21. The molecule has 0 bridgehead atoms. The Labute approximate surface area is 83.6 Å². The Hall–Kier alpha value is -1.16. The third-order valence-corrected chi connectivity index (χ3v) is 2.16. The van der Waals surface area contributed by atoms with Gasteiger partial charge >= 0.3 is 0 Å². The van der Waals surface area contributed by atoms with E-state index in [2.05, 4.69) is 20.9 Å². The van der Waals surface area contributed by atoms with Gasteiger partial charge in [-0.2, -0.15) is 0 Å². The molecule has 1 unspecified atom stereocenters. The van der Waals surface area contributed by atoms with Crippen LogP contribution >= 0.6 is 15.9 Å². The van der Waals surface area contributed by atoms with Crippen molar-refractivity contribution in [2.24, 2.45) is 4.99 Å². The predicted octanol–water partition coefficient (Wildman–Crippen LogP) is 2.34. The molecule has 1 aromatic rings. The van der Waals surface area contributed by atoms with Crippen LogP contribution in [0.3, 0.4) is 0 Å². The molecule has 3 nitrogen and oxygen atoms in total. The first-order valence-electron chi connectivity index (χ1n) is 3.76. The second-order valence-electron chi connectivity index (χ2n) is 2.60. The zero-order chi connectivity index (χ0) is 9.26. The fourth-order valence-electron chi connectivity index (χ4n) is 1.22. The van der Waals surface area contributed by atoms with Gasteiger partial charge in [-0.1, -0.05) is 18.2 Å². The van der Waals surface area contributed by atoms with Crippen molar-refractivity contribution < 1.29 is 9.53 Å². The molecule has 0 saturated heterocycles. The Bertz CT molecular complexity index is 376. The first-order chi connectivity index (χ1) is 6.31. The molecule has 0 aromatic heterocycles. The zero-order valence-corrected chi connectivity index (χ0v) is 8.19. The lowest BCUT2D eigenvalue weighted by molar-refractivity contribution is -0.114. The van der Waals surface area contributed by atoms with E-state index in [1.165, 1.54) is 0 Å². The molecule has 1 aliphatic rings. The highest BCUT2D eigenvalue weighted by molar-refractivity contribution is 9.18. The van der Waals surface area contributed by atoms with Gasteiger partial charge in [-0.15, -0.1) is 0 Å². The molecular weight excluding hydrogens is 234 g/mol. The van der Waals surface area contributed by atoms with Crippen LogP contribution in [0.2, 0.25) is 0 Å². The van der Waals surface area contributed by atoms with Crippen molar-refractivity contribution in [1.29, 1.82) is 0 Å². The lowest BCUT2D eigenvalue weighted by Crippen LogP contribution is -2.12. The van der Waals surface area contributed by atoms with Crippen molar-refractivity contribution in [3.05, 3.63) is 29.8 Å². The Balaban J connectivity index is 2.54. The van der Waals surface area contributed by atoms with E-state index in [-0.39, 0.29) is 0 Å². The highest BCUT2D eigenvalue weighted by atomic mass is 79.9. The number of hydrogen-bond donors (Lipinski definition) is 0. The molecule has 0 saturated carbocycles. The van der Waals surface area contributed by atoms with Crippen molar-refractivity contribution in [2.45, 2.75) is 6.10 Å². The lowest BCUT2D eigenvalue weighted by atomic mass is 10.1. The monoisotopic (exact) mass is 239 g/mol. The number of benzene rings is 1. The number of hydrogen-bond acceptors (Lipinski definition) is 3. The molecule has 1 atom stereocenters. The van der Waals surface area contributed by atoms with Crippen LogP contribution in [0.1, 0.15) is 11.7 Å². The molecule has 1 aliphatic heterocycles. The van der Waals surface area contributed by atoms with Gasteiger partial charge in [0, 0.05) is 21.5 Å². The minimum absolute atomic E-state index is 0.350. The van der Waals surface area contributed by atoms with Crippen LogP contribution in [0.15, 0.2) is 29.3 Å². The number of carbonyl (C=O) groups excluding carboxylic acids is 1. The standard InChI is InChI=1S/C9H6BrNO2/c10-9-11-7-4-2-1-3-6(7)8(5-12)13-9/h1-5,8H. The largest absolute Gasteiger partial charge is 0.456 e. The second-order valence-corrected chi connectivity index (χ2v) is 3.28. The van der Waals surface area contributed by atoms with Gasteiger partial charge in [-0.25, -0.2) is 4.99 Å². The van der Waals surface area contributed by atoms with Crippen molar-refractivity contribution in [3.8, 4) is 0 Å². The summed E-state index contributed by atoms with van der Waals surface area (Å²) in [6.45, 7) is 0. The summed E-state index contributed by atoms with van der Waals surface area (Å²) in [6.07, 6.45) is 0.220. The molecule has 66 valence electrons. The summed E-state index contributed by atoms with van der Waals surface area (Å²) >= 11 is 3.11. The fourth-order valence-corrected chi connectivity index (χ4v) is 1.61. The molecule has 2 rings (SSSR count). The quantitative estimate of drug-likeness (QED) is 0.706. The summed E-state index contributed by atoms with van der Waals surface area (Å²) in [5.41, 5.74) is 1.58. The van der Waals surface area contributed by atoms with Gasteiger partial charge in [0.2, 0.25) is 0 Å². The van der Waals surface area contributed by atoms with Crippen molar-refractivity contribution >= 4 is 32.7 Å². The number of nitrogens with zero attached hydrogens (tertiary/aromatic N) is 1. The van der Waals surface area contributed by atoms with Crippen LogP contribution in [0.5, 0.6) is 0 Å². The summed E-state index contributed by atoms with van der Waals surface area (Å²) in [5.74, 6) is 0. The second kappa shape index (κ2) is 3.30. The maximum Gasteiger partial charge on any atom is 0.260 e. The summed E-state index contributed by atoms with van der Waals surface area (Å²) in [6, 6.07) is 7.40. The van der Waals surface area contributed by atoms with Gasteiger partial charge in [-0.05, 0) is 6.07 Å². The highest BCUT2D eigenvalue weighted by Gasteiger charge is 2.21. The molecule has 1 heterocycles. The number of aliphatic imine (C=N–C) groups is 1. The maximum atomic E-state index is 10.7. The minimum Gasteiger partial charge on any atom is -0.456 e. The van der Waals surface area contributed by atoms with Crippen LogP contribution in [0, 0.1) is 0 Å². The number of rotatable bonds is 1. The van der Waals surface area contributed by atoms with Crippen LogP contribution in [0.4, 0.5) is 5.69 Å². The van der Waals surface area contributed by atoms with Gasteiger partial charge in [-0.3, -0.25) is 4.79 Å². The summed E-state index contributed by atoms with van der Waals surface area (Å²) < 4.78 is 5.16. The number of para-hydroxylation sites is 1. The van der Waals surface area contributed by atoms with Crippen molar-refractivity contribution in [3.63, 3.8) is 0 Å². The van der Waals surface area contributed by atoms with E-state index < -0.39 is 6.10 Å². The molecule has 0 aliphatic carbocycles. The van der Waals surface area contributed by atoms with Gasteiger partial charge in [0.1, 0.15) is 0 Å². The van der Waals surface area contributed by atoms with E-state index in [0.29, 0.717) is 4.81 Å². The molecule has 0 spiro atoms. The fraction of sp³-hybridized carbons (Fsp3) is 0.111. The summed E-state index contributed by atoms with van der Waals surface area (Å²) in [4.78, 5) is 15.1. The Morgan fingerprint density at radius 1 is 1.46 bits per heavy atom. The summed E-state index contributed by atoms with van der Waals surface area (Å²) in [5, 5.41) is 0. The normalized spacial score (nSPS) is 19.8. The number of ether oxygens (including phenoxy) is 1. The van der Waals surface area contributed by atoms with E-state index in [9.17, 15) is 4.79 Å². The average Bonchev–Trinajstić information content (AvgIpc) is 2.16. The molecule has 4 heteroatoms. The van der Waals surface area contributed by atoms with E-state index in [1.807, 2.05) is 24.3 Å². The topological polar surface area (TPSA) is 38.7 Å². The predicted molar refractivity (Wildman–Crippen MR) is 52.4 cm³/mol. The molecule has 0 N–H and O–H groups in total. The smallest absolute Gasteiger partial charge is 0.260 e. The van der Waals surface area contributed by atoms with Gasteiger partial charge in [0.05, 0.1) is 5.69 Å². The third-order valence-electron chi connectivity index (χ3n) is 1.80. The van der Waals surface area contributed by atoms with Crippen LogP contribution in [-0.2, 0) is 9.53 Å². The maximum absolute atomic E-state index is 10.7. The van der Waals surface area contributed by atoms with Gasteiger partial charge < -0.3 is 4.74 Å². The Morgan fingerprint density at radius 2 is 2.23 bits per heavy atom. The van der Waals surface area contributed by atoms with Crippen molar-refractivity contribution in [1.82, 2.24) is 0 Å². The van der Waals surface area contributed by atoms with Crippen molar-refractivity contribution in [2.75, 3.05) is 0 Å². The third kappa shape index (κ3) is 1.49. The molecule has 13 heavy (non-hydrogen) atoms. The molecule has 1 aromatic carbocycles. The van der Waals surface area contributed by atoms with Gasteiger partial charge in [0.15, 0.2) is 12.4 Å². The van der Waals surface area contributed by atoms with Gasteiger partial charge in [0.25, 0.3) is 4.81 Å². The van der Waals surface area contributed by atoms with E-state index in [1.54, 1.807) is 0 Å². The molecule has 0 amide bonds. The van der Waals surface area contributed by atoms with E-state index >= 15 is 0 Å². The minimum atomic E-state index is -0.539. The number of fused-ring (bicyclic) bond motifs is 1. The Kier molecular flexibility index (Phi) is 2.14. The number of aldehydes is 1. The van der Waals surface area contributed by atoms with Crippen LogP contribution in [-0.4, -0.2) is 11.1 Å². The first-order valence-corrected chi connectivity index (χ1v) is 4.55. The van der Waals surface area contributed by atoms with Crippen LogP contribution in [0.25, 0.3) is 0 Å². The highest BCUT2D eigenvalue weighted by Crippen LogP contribution is 2.32. The number of carbonyl (C=O) groups is 1. The van der Waals surface area contributed by atoms with E-state index in [0.717, 1.165) is 17.5 Å². The zero-order valence-electron chi connectivity index (χ0n) is 6.61. The Morgan fingerprint density at radius 3 is 3.00 bits per heavy atom.